The number of hydrogen-bond acceptors (Lipinski definition) is 3. The predicted octanol–water partition coefficient (Wildman–Crippen LogP) is 3.55. The molecule has 0 bridgehead atoms. The van der Waals surface area contributed by atoms with Crippen LogP contribution in [0.5, 0.6) is 5.75 Å². The number of imidazole rings is 1. The average Bonchev–Trinajstić information content (AvgIpc) is 2.83. The Kier molecular flexibility index (Phi) is 5.02. The van der Waals surface area contributed by atoms with Crippen LogP contribution in [0.1, 0.15) is 18.1 Å². The van der Waals surface area contributed by atoms with Crippen LogP contribution in [0.2, 0.25) is 5.02 Å². The largest absolute Gasteiger partial charge is 0.481 e. The fraction of sp³-hybridized carbons (Fsp3) is 0.300. The van der Waals surface area contributed by atoms with Gasteiger partial charge in [0.15, 0.2) is 6.10 Å². The molecule has 0 unspecified atom stereocenters. The first-order valence-corrected chi connectivity index (χ1v) is 8.96. The van der Waals surface area contributed by atoms with Crippen molar-refractivity contribution in [3.05, 3.63) is 57.0 Å². The molecule has 0 saturated heterocycles. The van der Waals surface area contributed by atoms with Crippen LogP contribution < -0.4 is 15.7 Å². The lowest BCUT2D eigenvalue weighted by atomic mass is 10.1. The third-order valence-electron chi connectivity index (χ3n) is 4.63. The molecule has 3 rings (SSSR count). The summed E-state index contributed by atoms with van der Waals surface area (Å²) in [5.41, 5.74) is 3.84. The minimum Gasteiger partial charge on any atom is -0.481 e. The van der Waals surface area contributed by atoms with Crippen molar-refractivity contribution in [3.8, 4) is 5.75 Å². The van der Waals surface area contributed by atoms with Gasteiger partial charge in [-0.1, -0.05) is 11.6 Å². The second kappa shape index (κ2) is 7.12. The summed E-state index contributed by atoms with van der Waals surface area (Å²) in [6, 6.07) is 8.97. The van der Waals surface area contributed by atoms with E-state index >= 15 is 0 Å². The fourth-order valence-electron chi connectivity index (χ4n) is 3.06. The van der Waals surface area contributed by atoms with Crippen LogP contribution in [0.15, 0.2) is 35.1 Å². The maximum Gasteiger partial charge on any atom is 0.328 e. The molecule has 0 fully saturated rings. The van der Waals surface area contributed by atoms with Crippen molar-refractivity contribution in [1.29, 1.82) is 0 Å². The van der Waals surface area contributed by atoms with Gasteiger partial charge in [-0.2, -0.15) is 0 Å². The van der Waals surface area contributed by atoms with Gasteiger partial charge < -0.3 is 10.1 Å². The van der Waals surface area contributed by atoms with Gasteiger partial charge in [-0.05, 0) is 62.2 Å². The Morgan fingerprint density at radius 3 is 2.30 bits per heavy atom. The van der Waals surface area contributed by atoms with Gasteiger partial charge in [0.1, 0.15) is 5.75 Å². The Balaban J connectivity index is 1.77. The van der Waals surface area contributed by atoms with E-state index in [0.717, 1.165) is 22.2 Å². The topological polar surface area (TPSA) is 65.3 Å². The summed E-state index contributed by atoms with van der Waals surface area (Å²) in [5, 5.41) is 3.53. The molecule has 1 heterocycles. The number of benzene rings is 2. The number of halogens is 1. The molecule has 3 aromatic rings. The van der Waals surface area contributed by atoms with E-state index in [1.165, 1.54) is 0 Å². The summed E-state index contributed by atoms with van der Waals surface area (Å²) in [5.74, 6) is 0.318. The van der Waals surface area contributed by atoms with Crippen LogP contribution in [-0.4, -0.2) is 21.1 Å². The van der Waals surface area contributed by atoms with Crippen molar-refractivity contribution in [2.45, 2.75) is 26.9 Å². The normalized spacial score (nSPS) is 12.2. The number of hydrogen-bond donors (Lipinski definition) is 1. The summed E-state index contributed by atoms with van der Waals surface area (Å²) >= 11 is 6.17. The summed E-state index contributed by atoms with van der Waals surface area (Å²) in [4.78, 5) is 24.5. The maximum atomic E-state index is 12.5. The average molecular weight is 388 g/mol. The maximum absolute atomic E-state index is 12.5. The minimum absolute atomic E-state index is 0.112. The second-order valence-corrected chi connectivity index (χ2v) is 7.10. The molecule has 2 aromatic carbocycles. The lowest BCUT2D eigenvalue weighted by Gasteiger charge is -2.16. The van der Waals surface area contributed by atoms with Crippen LogP contribution >= 0.6 is 11.6 Å². The van der Waals surface area contributed by atoms with Gasteiger partial charge in [0, 0.05) is 24.8 Å². The van der Waals surface area contributed by atoms with Gasteiger partial charge in [-0.25, -0.2) is 4.79 Å². The number of rotatable bonds is 4. The van der Waals surface area contributed by atoms with Gasteiger partial charge in [0.05, 0.1) is 11.0 Å². The number of amides is 1. The van der Waals surface area contributed by atoms with E-state index in [-0.39, 0.29) is 11.6 Å². The first kappa shape index (κ1) is 19.0. The van der Waals surface area contributed by atoms with E-state index in [0.29, 0.717) is 16.5 Å². The van der Waals surface area contributed by atoms with Crippen LogP contribution in [0.25, 0.3) is 11.0 Å². The van der Waals surface area contributed by atoms with Gasteiger partial charge >= 0.3 is 5.69 Å². The second-order valence-electron chi connectivity index (χ2n) is 6.72. The van der Waals surface area contributed by atoms with Crippen molar-refractivity contribution in [1.82, 2.24) is 9.13 Å². The van der Waals surface area contributed by atoms with Crippen molar-refractivity contribution in [2.24, 2.45) is 14.1 Å². The molecule has 0 aliphatic rings. The minimum atomic E-state index is -0.694. The molecule has 6 nitrogen and oxygen atoms in total. The van der Waals surface area contributed by atoms with Crippen molar-refractivity contribution < 1.29 is 9.53 Å². The van der Waals surface area contributed by atoms with E-state index in [1.807, 2.05) is 32.0 Å². The highest BCUT2D eigenvalue weighted by atomic mass is 35.5. The van der Waals surface area contributed by atoms with Crippen LogP contribution in [0.4, 0.5) is 5.69 Å². The van der Waals surface area contributed by atoms with Crippen LogP contribution in [0, 0.1) is 13.8 Å². The van der Waals surface area contributed by atoms with E-state index < -0.39 is 6.10 Å². The molecule has 27 heavy (non-hydrogen) atoms. The summed E-state index contributed by atoms with van der Waals surface area (Å²) in [6.07, 6.45) is -0.694. The molecule has 1 amide bonds. The van der Waals surface area contributed by atoms with Gasteiger partial charge in [0.2, 0.25) is 0 Å². The molecule has 7 heteroatoms. The Morgan fingerprint density at radius 2 is 1.67 bits per heavy atom. The Hall–Kier alpha value is -2.73. The highest BCUT2D eigenvalue weighted by Crippen LogP contribution is 2.26. The van der Waals surface area contributed by atoms with E-state index in [1.54, 1.807) is 42.3 Å². The van der Waals surface area contributed by atoms with Crippen molar-refractivity contribution in [2.75, 3.05) is 5.32 Å². The van der Waals surface area contributed by atoms with Crippen LogP contribution in [0.3, 0.4) is 0 Å². The zero-order valence-electron chi connectivity index (χ0n) is 16.0. The van der Waals surface area contributed by atoms with Crippen molar-refractivity contribution >= 4 is 34.2 Å². The monoisotopic (exact) mass is 387 g/mol. The number of aryl methyl sites for hydroxylation is 4. The quantitative estimate of drug-likeness (QED) is 0.744. The smallest absolute Gasteiger partial charge is 0.328 e. The lowest BCUT2D eigenvalue weighted by Crippen LogP contribution is -2.30. The predicted molar refractivity (Wildman–Crippen MR) is 108 cm³/mol. The zero-order valence-corrected chi connectivity index (χ0v) is 16.7. The SMILES string of the molecule is Cc1cc(O[C@H](C)C(=O)Nc2ccc3c(c2)n(C)c(=O)n3C)cc(C)c1Cl. The molecule has 0 aliphatic carbocycles. The summed E-state index contributed by atoms with van der Waals surface area (Å²) in [7, 11) is 3.42. The standard InChI is InChI=1S/C20H22ClN3O3/c1-11-8-15(9-12(2)18(11)21)27-13(3)19(25)22-14-6-7-16-17(10-14)24(5)20(26)23(16)4/h6-10,13H,1-5H3,(H,22,25)/t13-/m1/s1. The number of carbonyl (C=O) groups is 1. The Labute approximate surface area is 162 Å². The van der Waals surface area contributed by atoms with Gasteiger partial charge in [-0.15, -0.1) is 0 Å². The molecule has 0 spiro atoms. The molecule has 1 N–H and O–H groups in total. The molecule has 0 saturated carbocycles. The lowest BCUT2D eigenvalue weighted by molar-refractivity contribution is -0.122. The van der Waals surface area contributed by atoms with Crippen LogP contribution in [-0.2, 0) is 18.9 Å². The Bertz CT molecular complexity index is 1070. The first-order chi connectivity index (χ1) is 12.7. The number of anilines is 1. The van der Waals surface area contributed by atoms with E-state index in [2.05, 4.69) is 5.32 Å². The summed E-state index contributed by atoms with van der Waals surface area (Å²) in [6.45, 7) is 5.48. The zero-order chi connectivity index (χ0) is 19.9. The van der Waals surface area contributed by atoms with E-state index in [9.17, 15) is 9.59 Å². The van der Waals surface area contributed by atoms with Gasteiger partial charge in [0.25, 0.3) is 5.91 Å². The molecular weight excluding hydrogens is 366 g/mol. The highest BCUT2D eigenvalue weighted by molar-refractivity contribution is 6.32. The molecule has 0 aliphatic heterocycles. The number of fused-ring (bicyclic) bond motifs is 1. The van der Waals surface area contributed by atoms with E-state index in [4.69, 9.17) is 16.3 Å². The molecule has 0 radical (unpaired) electrons. The molecular formula is C20H22ClN3O3. The third kappa shape index (κ3) is 3.57. The molecule has 1 aromatic heterocycles. The fourth-order valence-corrected chi connectivity index (χ4v) is 3.17. The highest BCUT2D eigenvalue weighted by Gasteiger charge is 2.17. The van der Waals surface area contributed by atoms with Gasteiger partial charge in [-0.3, -0.25) is 13.9 Å². The number of nitrogens with one attached hydrogen (secondary N) is 1. The summed E-state index contributed by atoms with van der Waals surface area (Å²) < 4.78 is 8.88. The third-order valence-corrected chi connectivity index (χ3v) is 5.23. The number of ether oxygens (including phenoxy) is 1. The Morgan fingerprint density at radius 1 is 1.07 bits per heavy atom. The number of nitrogens with zero attached hydrogens (tertiary/aromatic N) is 2. The molecule has 1 atom stereocenters. The molecule has 142 valence electrons. The van der Waals surface area contributed by atoms with Crippen molar-refractivity contribution in [3.63, 3.8) is 0 Å². The number of aromatic nitrogens is 2. The number of carbonyl (C=O) groups excluding carboxylic acids is 1. The first-order valence-electron chi connectivity index (χ1n) is 8.58.